The molecule has 0 aromatic heterocycles. The van der Waals surface area contributed by atoms with E-state index in [0.717, 1.165) is 25.7 Å². The predicted octanol–water partition coefficient (Wildman–Crippen LogP) is 2.33. The maximum atomic E-state index is 12.1. The molecular weight excluding hydrogens is 200 g/mol. The minimum absolute atomic E-state index is 0.0174. The Labute approximate surface area is 89.6 Å². The fourth-order valence-electron chi connectivity index (χ4n) is 2.11. The molecule has 2 nitrogen and oxygen atoms in total. The molecule has 0 aromatic carbocycles. The monoisotopic (exact) mass is 219 g/mol. The van der Waals surface area contributed by atoms with Gasteiger partial charge in [-0.15, -0.1) is 0 Å². The van der Waals surface area contributed by atoms with Gasteiger partial charge in [0.15, 0.2) is 0 Å². The molecule has 1 aliphatic rings. The number of halogens is 2. The number of rotatable bonds is 4. The van der Waals surface area contributed by atoms with Gasteiger partial charge in [0.1, 0.15) is 5.78 Å². The Kier molecular flexibility index (Phi) is 5.15. The summed E-state index contributed by atoms with van der Waals surface area (Å²) in [5.41, 5.74) is 0. The molecule has 0 aromatic rings. The van der Waals surface area contributed by atoms with Gasteiger partial charge in [-0.1, -0.05) is 12.8 Å². The molecule has 0 heterocycles. The summed E-state index contributed by atoms with van der Waals surface area (Å²) in [5, 5.41) is 0. The van der Waals surface area contributed by atoms with Crippen molar-refractivity contribution in [2.24, 2.45) is 5.92 Å². The normalized spacial score (nSPS) is 23.5. The van der Waals surface area contributed by atoms with Crippen LogP contribution < -0.4 is 0 Å². The quantitative estimate of drug-likeness (QED) is 0.676. The lowest BCUT2D eigenvalue weighted by atomic mass is 9.98. The molecule has 15 heavy (non-hydrogen) atoms. The largest absolute Gasteiger partial charge is 0.300 e. The minimum atomic E-state index is -2.31. The second-order valence-electron chi connectivity index (χ2n) is 4.37. The van der Waals surface area contributed by atoms with Crippen LogP contribution in [0, 0.1) is 5.92 Å². The Balaban J connectivity index is 2.37. The smallest absolute Gasteiger partial charge is 0.251 e. The molecule has 0 N–H and O–H groups in total. The van der Waals surface area contributed by atoms with Gasteiger partial charge in [0.25, 0.3) is 6.43 Å². The SMILES string of the molecule is CN(CC(F)F)CC1CCCCCC1=O. The van der Waals surface area contributed by atoms with Crippen LogP contribution in [0.1, 0.15) is 32.1 Å². The van der Waals surface area contributed by atoms with Gasteiger partial charge in [-0.2, -0.15) is 0 Å². The van der Waals surface area contributed by atoms with E-state index in [4.69, 9.17) is 0 Å². The van der Waals surface area contributed by atoms with Crippen LogP contribution in [0.2, 0.25) is 0 Å². The summed E-state index contributed by atoms with van der Waals surface area (Å²) in [7, 11) is 1.66. The summed E-state index contributed by atoms with van der Waals surface area (Å²) in [6, 6.07) is 0. The Morgan fingerprint density at radius 2 is 2.13 bits per heavy atom. The van der Waals surface area contributed by atoms with Crippen molar-refractivity contribution in [3.05, 3.63) is 0 Å². The number of hydrogen-bond acceptors (Lipinski definition) is 2. The summed E-state index contributed by atoms with van der Waals surface area (Å²) in [6.45, 7) is 0.257. The van der Waals surface area contributed by atoms with Gasteiger partial charge < -0.3 is 4.90 Å². The summed E-state index contributed by atoms with van der Waals surface area (Å²) in [5.74, 6) is 0.241. The van der Waals surface area contributed by atoms with Crippen LogP contribution in [0.25, 0.3) is 0 Å². The third-order valence-electron chi connectivity index (χ3n) is 2.91. The van der Waals surface area contributed by atoms with Crippen LogP contribution in [0.5, 0.6) is 0 Å². The van der Waals surface area contributed by atoms with Crippen molar-refractivity contribution < 1.29 is 13.6 Å². The van der Waals surface area contributed by atoms with Gasteiger partial charge >= 0.3 is 0 Å². The lowest BCUT2D eigenvalue weighted by molar-refractivity contribution is -0.123. The van der Waals surface area contributed by atoms with Crippen molar-refractivity contribution in [1.29, 1.82) is 0 Å². The van der Waals surface area contributed by atoms with Gasteiger partial charge in [-0.3, -0.25) is 4.79 Å². The van der Waals surface area contributed by atoms with Gasteiger partial charge in [-0.25, -0.2) is 8.78 Å². The first-order valence-electron chi connectivity index (χ1n) is 5.59. The summed E-state index contributed by atoms with van der Waals surface area (Å²) in [6.07, 6.45) is 2.31. The van der Waals surface area contributed by atoms with Crippen molar-refractivity contribution in [2.45, 2.75) is 38.5 Å². The van der Waals surface area contributed by atoms with Crippen LogP contribution in [0.15, 0.2) is 0 Å². The predicted molar refractivity (Wildman–Crippen MR) is 55.1 cm³/mol. The highest BCUT2D eigenvalue weighted by atomic mass is 19.3. The molecule has 1 fully saturated rings. The Bertz CT molecular complexity index is 209. The summed E-state index contributed by atoms with van der Waals surface area (Å²) >= 11 is 0. The van der Waals surface area contributed by atoms with Gasteiger partial charge in [0.05, 0.1) is 6.54 Å². The van der Waals surface area contributed by atoms with E-state index in [1.54, 1.807) is 11.9 Å². The molecule has 0 aliphatic heterocycles. The number of alkyl halides is 2. The van der Waals surface area contributed by atoms with Crippen LogP contribution in [-0.2, 0) is 4.79 Å². The van der Waals surface area contributed by atoms with E-state index in [1.807, 2.05) is 0 Å². The molecule has 0 radical (unpaired) electrons. The third kappa shape index (κ3) is 4.69. The number of hydrogen-bond donors (Lipinski definition) is 0. The van der Waals surface area contributed by atoms with Gasteiger partial charge in [-0.05, 0) is 19.9 Å². The number of carbonyl (C=O) groups is 1. The first-order chi connectivity index (χ1) is 7.09. The maximum absolute atomic E-state index is 12.1. The van der Waals surface area contributed by atoms with E-state index in [-0.39, 0.29) is 18.2 Å². The lowest BCUT2D eigenvalue weighted by Crippen LogP contribution is -2.33. The van der Waals surface area contributed by atoms with E-state index in [1.165, 1.54) is 0 Å². The van der Waals surface area contributed by atoms with Crippen molar-refractivity contribution in [3.8, 4) is 0 Å². The zero-order chi connectivity index (χ0) is 11.3. The van der Waals surface area contributed by atoms with E-state index >= 15 is 0 Å². The van der Waals surface area contributed by atoms with E-state index < -0.39 is 6.43 Å². The molecule has 88 valence electrons. The maximum Gasteiger partial charge on any atom is 0.251 e. The Hall–Kier alpha value is -0.510. The average Bonchev–Trinajstić information content (AvgIpc) is 2.30. The zero-order valence-corrected chi connectivity index (χ0v) is 9.22. The van der Waals surface area contributed by atoms with Crippen molar-refractivity contribution in [2.75, 3.05) is 20.1 Å². The molecule has 0 bridgehead atoms. The van der Waals surface area contributed by atoms with E-state index in [0.29, 0.717) is 13.0 Å². The van der Waals surface area contributed by atoms with Crippen LogP contribution >= 0.6 is 0 Å². The summed E-state index contributed by atoms with van der Waals surface area (Å²) in [4.78, 5) is 13.2. The highest BCUT2D eigenvalue weighted by molar-refractivity contribution is 5.81. The second kappa shape index (κ2) is 6.16. The number of nitrogens with zero attached hydrogens (tertiary/aromatic N) is 1. The topological polar surface area (TPSA) is 20.3 Å². The summed E-state index contributed by atoms with van der Waals surface area (Å²) < 4.78 is 24.2. The highest BCUT2D eigenvalue weighted by Crippen LogP contribution is 2.20. The number of Topliss-reactive ketones (excluding diaryl/α,β-unsaturated/α-hetero) is 1. The molecule has 0 spiro atoms. The van der Waals surface area contributed by atoms with Crippen LogP contribution in [0.4, 0.5) is 8.78 Å². The van der Waals surface area contributed by atoms with E-state index in [2.05, 4.69) is 0 Å². The number of carbonyl (C=O) groups excluding carboxylic acids is 1. The number of ketones is 1. The van der Waals surface area contributed by atoms with Crippen molar-refractivity contribution >= 4 is 5.78 Å². The fraction of sp³-hybridized carbons (Fsp3) is 0.909. The molecule has 0 saturated heterocycles. The molecule has 0 amide bonds. The molecule has 1 atom stereocenters. The molecule has 1 aliphatic carbocycles. The Morgan fingerprint density at radius 3 is 2.80 bits per heavy atom. The van der Waals surface area contributed by atoms with Gasteiger partial charge in [0.2, 0.25) is 0 Å². The standard InChI is InChI=1S/C11H19F2NO/c1-14(8-11(12)13)7-9-5-3-2-4-6-10(9)15/h9,11H,2-8H2,1H3. The molecule has 4 heteroatoms. The Morgan fingerprint density at radius 1 is 1.40 bits per heavy atom. The van der Waals surface area contributed by atoms with Crippen molar-refractivity contribution in [1.82, 2.24) is 4.90 Å². The highest BCUT2D eigenvalue weighted by Gasteiger charge is 2.22. The first-order valence-corrected chi connectivity index (χ1v) is 5.59. The molecule has 1 saturated carbocycles. The molecule has 1 unspecified atom stereocenters. The second-order valence-corrected chi connectivity index (χ2v) is 4.37. The minimum Gasteiger partial charge on any atom is -0.300 e. The molecule has 1 rings (SSSR count). The first kappa shape index (κ1) is 12.6. The third-order valence-corrected chi connectivity index (χ3v) is 2.91. The van der Waals surface area contributed by atoms with Crippen LogP contribution in [-0.4, -0.2) is 37.2 Å². The lowest BCUT2D eigenvalue weighted by Gasteiger charge is -2.21. The van der Waals surface area contributed by atoms with E-state index in [9.17, 15) is 13.6 Å². The zero-order valence-electron chi connectivity index (χ0n) is 9.22. The fourth-order valence-corrected chi connectivity index (χ4v) is 2.11. The van der Waals surface area contributed by atoms with Gasteiger partial charge in [0, 0.05) is 18.9 Å². The van der Waals surface area contributed by atoms with Crippen molar-refractivity contribution in [3.63, 3.8) is 0 Å². The average molecular weight is 219 g/mol. The van der Waals surface area contributed by atoms with Crippen LogP contribution in [0.3, 0.4) is 0 Å². The molecular formula is C11H19F2NO.